The van der Waals surface area contributed by atoms with Crippen molar-refractivity contribution in [2.45, 2.75) is 24.4 Å². The summed E-state index contributed by atoms with van der Waals surface area (Å²) in [6, 6.07) is 7.47. The number of allylic oxidation sites excluding steroid dienone is 1. The number of aryl methyl sites for hydroxylation is 1. The number of methoxy groups -OCH3 is 1. The summed E-state index contributed by atoms with van der Waals surface area (Å²) in [7, 11) is 1.64. The van der Waals surface area contributed by atoms with E-state index in [1.54, 1.807) is 17.8 Å². The second kappa shape index (κ2) is 7.65. The van der Waals surface area contributed by atoms with Crippen molar-refractivity contribution in [3.63, 3.8) is 0 Å². The fraction of sp³-hybridized carbons (Fsp3) is 0.250. The van der Waals surface area contributed by atoms with Crippen LogP contribution in [0, 0.1) is 6.92 Å². The van der Waals surface area contributed by atoms with Gasteiger partial charge in [-0.2, -0.15) is 0 Å². The average Bonchev–Trinajstić information content (AvgIpc) is 2.48. The largest absolute Gasteiger partial charge is 0.496 e. The topological polar surface area (TPSA) is 44.1 Å². The minimum Gasteiger partial charge on any atom is -0.496 e. The van der Waals surface area contributed by atoms with Gasteiger partial charge < -0.3 is 4.74 Å². The molecule has 116 valence electrons. The Bertz CT molecular complexity index is 743. The molecule has 1 heterocycles. The molecule has 0 fully saturated rings. The molecule has 0 saturated carbocycles. The van der Waals surface area contributed by atoms with Gasteiger partial charge in [0.1, 0.15) is 5.75 Å². The van der Waals surface area contributed by atoms with Gasteiger partial charge in [-0.25, -0.2) is 4.98 Å². The lowest BCUT2D eigenvalue weighted by molar-refractivity contribution is 0.412. The molecule has 0 aliphatic heterocycles. The Morgan fingerprint density at radius 1 is 1.45 bits per heavy atom. The molecule has 4 nitrogen and oxygen atoms in total. The molecule has 0 saturated heterocycles. The van der Waals surface area contributed by atoms with Gasteiger partial charge in [-0.15, -0.1) is 6.58 Å². The van der Waals surface area contributed by atoms with E-state index in [-0.39, 0.29) is 5.56 Å². The molecule has 0 aliphatic rings. The summed E-state index contributed by atoms with van der Waals surface area (Å²) in [5, 5.41) is 0.705. The van der Waals surface area contributed by atoms with Crippen LogP contribution in [0.1, 0.15) is 11.3 Å². The molecular weight excluding hydrogens is 364 g/mol. The Balaban J connectivity index is 2.22. The third-order valence-corrected chi connectivity index (χ3v) is 4.66. The Hall–Kier alpha value is -1.53. The Morgan fingerprint density at radius 2 is 2.23 bits per heavy atom. The van der Waals surface area contributed by atoms with E-state index < -0.39 is 0 Å². The van der Waals surface area contributed by atoms with Crippen LogP contribution >= 0.6 is 27.7 Å². The van der Waals surface area contributed by atoms with Gasteiger partial charge in [0.2, 0.25) is 0 Å². The van der Waals surface area contributed by atoms with Crippen molar-refractivity contribution < 1.29 is 4.74 Å². The summed E-state index contributed by atoms with van der Waals surface area (Å²) in [5.41, 5.74) is 1.80. The van der Waals surface area contributed by atoms with E-state index in [1.807, 2.05) is 25.1 Å². The Kier molecular flexibility index (Phi) is 5.85. The van der Waals surface area contributed by atoms with Gasteiger partial charge in [0.05, 0.1) is 11.6 Å². The van der Waals surface area contributed by atoms with E-state index in [1.165, 1.54) is 17.8 Å². The fourth-order valence-corrected chi connectivity index (χ4v) is 3.54. The van der Waals surface area contributed by atoms with E-state index in [4.69, 9.17) is 4.74 Å². The molecule has 0 spiro atoms. The first-order chi connectivity index (χ1) is 10.5. The lowest BCUT2D eigenvalue weighted by Crippen LogP contribution is -2.22. The van der Waals surface area contributed by atoms with Crippen molar-refractivity contribution in [3.05, 3.63) is 63.0 Å². The summed E-state index contributed by atoms with van der Waals surface area (Å²) in [5.74, 6) is 1.52. The molecule has 0 unspecified atom stereocenters. The minimum absolute atomic E-state index is 0.0502. The Labute approximate surface area is 142 Å². The third-order valence-electron chi connectivity index (χ3n) is 3.00. The first-order valence-corrected chi connectivity index (χ1v) is 8.47. The highest BCUT2D eigenvalue weighted by Gasteiger charge is 2.08. The molecule has 2 aromatic rings. The van der Waals surface area contributed by atoms with Crippen LogP contribution < -0.4 is 10.3 Å². The molecule has 0 radical (unpaired) electrons. The molecule has 22 heavy (non-hydrogen) atoms. The number of thioether (sulfide) groups is 1. The number of nitrogens with zero attached hydrogens (tertiary/aromatic N) is 2. The molecule has 2 rings (SSSR count). The lowest BCUT2D eigenvalue weighted by Gasteiger charge is -2.11. The van der Waals surface area contributed by atoms with Crippen LogP contribution in [-0.2, 0) is 12.3 Å². The molecule has 0 amide bonds. The Morgan fingerprint density at radius 3 is 2.86 bits per heavy atom. The lowest BCUT2D eigenvalue weighted by atomic mass is 10.2. The monoisotopic (exact) mass is 380 g/mol. The summed E-state index contributed by atoms with van der Waals surface area (Å²) in [6.07, 6.45) is 1.70. The number of halogens is 1. The van der Waals surface area contributed by atoms with Gasteiger partial charge in [0.25, 0.3) is 5.56 Å². The average molecular weight is 381 g/mol. The van der Waals surface area contributed by atoms with Crippen molar-refractivity contribution in [2.75, 3.05) is 7.11 Å². The highest BCUT2D eigenvalue weighted by molar-refractivity contribution is 9.10. The second-order valence-electron chi connectivity index (χ2n) is 4.68. The van der Waals surface area contributed by atoms with E-state index in [9.17, 15) is 4.79 Å². The highest BCUT2D eigenvalue weighted by Crippen LogP contribution is 2.28. The molecule has 0 aliphatic carbocycles. The maximum absolute atomic E-state index is 12.0. The van der Waals surface area contributed by atoms with Gasteiger partial charge in [-0.05, 0) is 40.5 Å². The quantitative estimate of drug-likeness (QED) is 0.434. The summed E-state index contributed by atoms with van der Waals surface area (Å²) in [4.78, 5) is 16.5. The van der Waals surface area contributed by atoms with Crippen LogP contribution in [0.4, 0.5) is 0 Å². The van der Waals surface area contributed by atoms with Crippen molar-refractivity contribution in [1.82, 2.24) is 9.55 Å². The van der Waals surface area contributed by atoms with Crippen molar-refractivity contribution >= 4 is 27.7 Å². The molecule has 1 aromatic heterocycles. The molecule has 1 aromatic carbocycles. The summed E-state index contributed by atoms with van der Waals surface area (Å²) < 4.78 is 7.76. The fourth-order valence-electron chi connectivity index (χ4n) is 1.95. The van der Waals surface area contributed by atoms with Gasteiger partial charge >= 0.3 is 0 Å². The van der Waals surface area contributed by atoms with Gasteiger partial charge in [-0.3, -0.25) is 9.36 Å². The molecule has 0 bridgehead atoms. The molecule has 6 heteroatoms. The zero-order chi connectivity index (χ0) is 16.1. The van der Waals surface area contributed by atoms with Crippen LogP contribution in [0.5, 0.6) is 5.75 Å². The summed E-state index contributed by atoms with van der Waals surface area (Å²) in [6.45, 7) is 5.98. The predicted octanol–water partition coefficient (Wildman–Crippen LogP) is 3.80. The SMILES string of the molecule is C=CCn1c(SCc2ccc(OC)c(Br)c2)nc(C)cc1=O. The highest BCUT2D eigenvalue weighted by atomic mass is 79.9. The third kappa shape index (κ3) is 4.01. The standard InChI is InChI=1S/C16H17BrN2O2S/c1-4-7-19-15(20)8-11(2)18-16(19)22-10-12-5-6-14(21-3)13(17)9-12/h4-6,8-9H,1,7,10H2,2-3H3. The number of aromatic nitrogens is 2. The van der Waals surface area contributed by atoms with E-state index in [0.717, 1.165) is 27.2 Å². The van der Waals surface area contributed by atoms with E-state index in [0.29, 0.717) is 11.7 Å². The summed E-state index contributed by atoms with van der Waals surface area (Å²) >= 11 is 5.01. The van der Waals surface area contributed by atoms with Crippen molar-refractivity contribution in [3.8, 4) is 5.75 Å². The number of ether oxygens (including phenoxy) is 1. The van der Waals surface area contributed by atoms with Gasteiger partial charge in [-0.1, -0.05) is 23.9 Å². The zero-order valence-electron chi connectivity index (χ0n) is 12.5. The second-order valence-corrected chi connectivity index (χ2v) is 6.47. The number of benzene rings is 1. The minimum atomic E-state index is -0.0502. The molecule has 0 atom stereocenters. The van der Waals surface area contributed by atoms with E-state index >= 15 is 0 Å². The van der Waals surface area contributed by atoms with Crippen LogP contribution in [0.25, 0.3) is 0 Å². The molecule has 0 N–H and O–H groups in total. The maximum atomic E-state index is 12.0. The van der Waals surface area contributed by atoms with Gasteiger partial charge in [0, 0.05) is 24.1 Å². The van der Waals surface area contributed by atoms with Crippen molar-refractivity contribution in [1.29, 1.82) is 0 Å². The maximum Gasteiger partial charge on any atom is 0.254 e. The first kappa shape index (κ1) is 16.8. The van der Waals surface area contributed by atoms with Gasteiger partial charge in [0.15, 0.2) is 5.16 Å². The predicted molar refractivity (Wildman–Crippen MR) is 93.7 cm³/mol. The normalized spacial score (nSPS) is 10.5. The van der Waals surface area contributed by atoms with Crippen LogP contribution in [0.15, 0.2) is 51.3 Å². The van der Waals surface area contributed by atoms with Crippen LogP contribution in [-0.4, -0.2) is 16.7 Å². The zero-order valence-corrected chi connectivity index (χ0v) is 14.9. The molecular formula is C16H17BrN2O2S. The number of hydrogen-bond acceptors (Lipinski definition) is 4. The van der Waals surface area contributed by atoms with E-state index in [2.05, 4.69) is 27.5 Å². The number of hydrogen-bond donors (Lipinski definition) is 0. The van der Waals surface area contributed by atoms with Crippen LogP contribution in [0.3, 0.4) is 0 Å². The van der Waals surface area contributed by atoms with Crippen molar-refractivity contribution in [2.24, 2.45) is 0 Å². The smallest absolute Gasteiger partial charge is 0.254 e. The van der Waals surface area contributed by atoms with Crippen LogP contribution in [0.2, 0.25) is 0 Å². The first-order valence-electron chi connectivity index (χ1n) is 6.69. The number of rotatable bonds is 6.